The average Bonchev–Trinajstić information content (AvgIpc) is 2.92. The molecule has 0 radical (unpaired) electrons. The van der Waals surface area contributed by atoms with Gasteiger partial charge in [-0.25, -0.2) is 4.98 Å². The molecule has 1 aliphatic rings. The Bertz CT molecular complexity index is 539. The minimum Gasteiger partial charge on any atom is -0.310 e. The van der Waals surface area contributed by atoms with E-state index in [2.05, 4.69) is 20.8 Å². The lowest BCUT2D eigenvalue weighted by Gasteiger charge is -1.99. The summed E-state index contributed by atoms with van der Waals surface area (Å²) in [4.78, 5) is 4.67. The van der Waals surface area contributed by atoms with Gasteiger partial charge in [0, 0.05) is 30.7 Å². The Balaban J connectivity index is 1.66. The monoisotopic (exact) mass is 262 g/mol. The zero-order valence-electron chi connectivity index (χ0n) is 10.8. The fourth-order valence-corrected chi connectivity index (χ4v) is 2.84. The molecule has 0 aliphatic heterocycles. The molecule has 2 heterocycles. The van der Waals surface area contributed by atoms with Crippen LogP contribution in [-0.4, -0.2) is 21.3 Å². The predicted molar refractivity (Wildman–Crippen MR) is 73.5 cm³/mol. The maximum atomic E-state index is 4.67. The summed E-state index contributed by atoms with van der Waals surface area (Å²) in [5.41, 5.74) is 3.23. The van der Waals surface area contributed by atoms with Gasteiger partial charge < -0.3 is 5.32 Å². The molecule has 0 unspecified atom stereocenters. The first kappa shape index (κ1) is 11.9. The molecule has 2 aromatic heterocycles. The predicted octanol–water partition coefficient (Wildman–Crippen LogP) is 2.35. The van der Waals surface area contributed by atoms with Crippen LogP contribution in [0.1, 0.15) is 23.5 Å². The van der Waals surface area contributed by atoms with Crippen molar-refractivity contribution in [3.8, 4) is 11.3 Å². The first-order valence-corrected chi connectivity index (χ1v) is 7.26. The SMILES string of the molecule is Cc1nn(C)cc1-c1csc(CNCC2CC2)n1. The molecule has 0 bridgehead atoms. The van der Waals surface area contributed by atoms with Crippen LogP contribution in [0.2, 0.25) is 0 Å². The van der Waals surface area contributed by atoms with Gasteiger partial charge in [-0.1, -0.05) is 0 Å². The van der Waals surface area contributed by atoms with Gasteiger partial charge in [-0.15, -0.1) is 11.3 Å². The van der Waals surface area contributed by atoms with E-state index in [9.17, 15) is 0 Å². The Morgan fingerprint density at radius 2 is 2.33 bits per heavy atom. The number of nitrogens with zero attached hydrogens (tertiary/aromatic N) is 3. The molecule has 0 amide bonds. The van der Waals surface area contributed by atoms with Crippen molar-refractivity contribution in [2.45, 2.75) is 26.3 Å². The van der Waals surface area contributed by atoms with Crippen molar-refractivity contribution < 1.29 is 0 Å². The van der Waals surface area contributed by atoms with Crippen molar-refractivity contribution >= 4 is 11.3 Å². The third-order valence-electron chi connectivity index (χ3n) is 3.25. The van der Waals surface area contributed by atoms with Crippen molar-refractivity contribution in [2.75, 3.05) is 6.54 Å². The number of nitrogens with one attached hydrogen (secondary N) is 1. The molecular formula is C13H18N4S. The first-order valence-electron chi connectivity index (χ1n) is 6.38. The molecule has 18 heavy (non-hydrogen) atoms. The van der Waals surface area contributed by atoms with Gasteiger partial charge in [-0.3, -0.25) is 4.68 Å². The van der Waals surface area contributed by atoms with Crippen LogP contribution in [0.5, 0.6) is 0 Å². The number of aromatic nitrogens is 3. The summed E-state index contributed by atoms with van der Waals surface area (Å²) in [7, 11) is 1.95. The molecule has 96 valence electrons. The third kappa shape index (κ3) is 2.62. The van der Waals surface area contributed by atoms with Crippen LogP contribution in [0.3, 0.4) is 0 Å². The van der Waals surface area contributed by atoms with Gasteiger partial charge in [-0.2, -0.15) is 5.10 Å². The maximum Gasteiger partial charge on any atom is 0.107 e. The molecule has 0 saturated heterocycles. The number of rotatable bonds is 5. The smallest absolute Gasteiger partial charge is 0.107 e. The van der Waals surface area contributed by atoms with E-state index in [-0.39, 0.29) is 0 Å². The standard InChI is InChI=1S/C13H18N4S/c1-9-11(7-17(2)16-9)12-8-18-13(15-12)6-14-5-10-3-4-10/h7-8,10,14H,3-6H2,1-2H3. The zero-order chi connectivity index (χ0) is 12.5. The summed E-state index contributed by atoms with van der Waals surface area (Å²) in [6.45, 7) is 4.06. The molecule has 1 aliphatic carbocycles. The largest absolute Gasteiger partial charge is 0.310 e. The van der Waals surface area contributed by atoms with Gasteiger partial charge in [0.25, 0.3) is 0 Å². The summed E-state index contributed by atoms with van der Waals surface area (Å²) in [5.74, 6) is 0.921. The Morgan fingerprint density at radius 3 is 3.00 bits per heavy atom. The van der Waals surface area contributed by atoms with Crippen molar-refractivity contribution in [3.05, 3.63) is 22.3 Å². The lowest BCUT2D eigenvalue weighted by molar-refractivity contribution is 0.637. The van der Waals surface area contributed by atoms with E-state index >= 15 is 0 Å². The normalized spacial score (nSPS) is 15.2. The second-order valence-corrected chi connectivity index (χ2v) is 5.95. The minimum absolute atomic E-state index is 0.889. The minimum atomic E-state index is 0.889. The highest BCUT2D eigenvalue weighted by Gasteiger charge is 2.20. The van der Waals surface area contributed by atoms with Gasteiger partial charge in [-0.05, 0) is 32.2 Å². The molecule has 0 spiro atoms. The maximum absolute atomic E-state index is 4.67. The molecule has 0 aromatic carbocycles. The topological polar surface area (TPSA) is 42.7 Å². The second kappa shape index (κ2) is 4.82. The molecule has 1 fully saturated rings. The van der Waals surface area contributed by atoms with E-state index in [0.29, 0.717) is 0 Å². The van der Waals surface area contributed by atoms with Crippen LogP contribution < -0.4 is 5.32 Å². The number of hydrogen-bond donors (Lipinski definition) is 1. The van der Waals surface area contributed by atoms with Crippen LogP contribution in [0, 0.1) is 12.8 Å². The summed E-state index contributed by atoms with van der Waals surface area (Å²) >= 11 is 1.72. The third-order valence-corrected chi connectivity index (χ3v) is 4.10. The highest BCUT2D eigenvalue weighted by molar-refractivity contribution is 7.09. The van der Waals surface area contributed by atoms with Gasteiger partial charge in [0.1, 0.15) is 5.01 Å². The number of hydrogen-bond acceptors (Lipinski definition) is 4. The Morgan fingerprint density at radius 1 is 1.50 bits per heavy atom. The lowest BCUT2D eigenvalue weighted by Crippen LogP contribution is -2.15. The fraction of sp³-hybridized carbons (Fsp3) is 0.538. The van der Waals surface area contributed by atoms with Gasteiger partial charge in [0.05, 0.1) is 11.4 Å². The Hall–Kier alpha value is -1.20. The fourth-order valence-electron chi connectivity index (χ4n) is 2.07. The van der Waals surface area contributed by atoms with Crippen molar-refractivity contribution in [3.63, 3.8) is 0 Å². The molecule has 1 saturated carbocycles. The van der Waals surface area contributed by atoms with Crippen LogP contribution in [0.4, 0.5) is 0 Å². The van der Waals surface area contributed by atoms with Crippen molar-refractivity contribution in [1.82, 2.24) is 20.1 Å². The van der Waals surface area contributed by atoms with Gasteiger partial charge >= 0.3 is 0 Å². The van der Waals surface area contributed by atoms with E-state index in [1.165, 1.54) is 12.8 Å². The van der Waals surface area contributed by atoms with E-state index in [0.717, 1.165) is 41.0 Å². The van der Waals surface area contributed by atoms with Gasteiger partial charge in [0.2, 0.25) is 0 Å². The van der Waals surface area contributed by atoms with Crippen LogP contribution in [-0.2, 0) is 13.6 Å². The molecule has 4 nitrogen and oxygen atoms in total. The second-order valence-electron chi connectivity index (χ2n) is 5.00. The van der Waals surface area contributed by atoms with E-state index in [1.54, 1.807) is 11.3 Å². The summed E-state index contributed by atoms with van der Waals surface area (Å²) in [6, 6.07) is 0. The first-order chi connectivity index (χ1) is 8.72. The van der Waals surface area contributed by atoms with E-state index < -0.39 is 0 Å². The lowest BCUT2D eigenvalue weighted by atomic mass is 10.2. The van der Waals surface area contributed by atoms with Crippen molar-refractivity contribution in [2.24, 2.45) is 13.0 Å². The molecule has 1 N–H and O–H groups in total. The highest BCUT2D eigenvalue weighted by Crippen LogP contribution is 2.28. The zero-order valence-corrected chi connectivity index (χ0v) is 11.6. The van der Waals surface area contributed by atoms with E-state index in [4.69, 9.17) is 0 Å². The Kier molecular flexibility index (Phi) is 3.18. The van der Waals surface area contributed by atoms with Crippen LogP contribution >= 0.6 is 11.3 Å². The number of aryl methyl sites for hydroxylation is 2. The number of thiazole rings is 1. The molecule has 5 heteroatoms. The molecule has 0 atom stereocenters. The molecule has 2 aromatic rings. The van der Waals surface area contributed by atoms with E-state index in [1.807, 2.05) is 24.9 Å². The highest BCUT2D eigenvalue weighted by atomic mass is 32.1. The van der Waals surface area contributed by atoms with Crippen molar-refractivity contribution in [1.29, 1.82) is 0 Å². The van der Waals surface area contributed by atoms with Crippen LogP contribution in [0.15, 0.2) is 11.6 Å². The quantitative estimate of drug-likeness (QED) is 0.899. The Labute approximate surface area is 111 Å². The average molecular weight is 262 g/mol. The van der Waals surface area contributed by atoms with Gasteiger partial charge in [0.15, 0.2) is 0 Å². The summed E-state index contributed by atoms with van der Waals surface area (Å²) in [6.07, 6.45) is 4.82. The summed E-state index contributed by atoms with van der Waals surface area (Å²) in [5, 5.41) is 11.1. The molecular weight excluding hydrogens is 244 g/mol. The summed E-state index contributed by atoms with van der Waals surface area (Å²) < 4.78 is 1.84. The van der Waals surface area contributed by atoms with Crippen LogP contribution in [0.25, 0.3) is 11.3 Å². The molecule has 3 rings (SSSR count).